The summed E-state index contributed by atoms with van der Waals surface area (Å²) in [4.78, 5) is 49.7. The number of carbonyl (C=O) groups excluding carboxylic acids is 4. The maximum atomic E-state index is 13.2. The second-order valence-electron chi connectivity index (χ2n) is 33.8. The number of ether oxygens (including phenoxy) is 5. The van der Waals surface area contributed by atoms with Crippen LogP contribution in [0.5, 0.6) is 0 Å². The van der Waals surface area contributed by atoms with Crippen LogP contribution < -0.4 is 51.4 Å². The summed E-state index contributed by atoms with van der Waals surface area (Å²) in [6.07, 6.45) is 4.94. The number of hydrogen-bond donors (Lipinski definition) is 0. The molecule has 588 valence electrons. The van der Waals surface area contributed by atoms with Crippen molar-refractivity contribution < 1.29 is 165 Å². The number of carbonyl (C=O) groups is 4. The van der Waals surface area contributed by atoms with E-state index in [1.165, 1.54) is 0 Å². The Morgan fingerprint density at radius 1 is 0.490 bits per heavy atom. The Hall–Kier alpha value is 0.431. The molecule has 0 radical (unpaired) electrons. The molecule has 0 aromatic carbocycles. The first kappa shape index (κ1) is 93.0. The average Bonchev–Trinajstić information content (AvgIpc) is 0.737. The molecule has 10 rings (SSSR count). The predicted molar refractivity (Wildman–Crippen MR) is 387 cm³/mol. The fourth-order valence-corrected chi connectivity index (χ4v) is 66.8. The molecule has 6 aliphatic heterocycles. The quantitative estimate of drug-likeness (QED) is 0.0255. The van der Waals surface area contributed by atoms with Crippen LogP contribution in [0.3, 0.4) is 0 Å². The van der Waals surface area contributed by atoms with Crippen LogP contribution in [0.15, 0.2) is 0 Å². The van der Waals surface area contributed by atoms with E-state index in [9.17, 15) is 40.8 Å². The molecule has 0 spiro atoms. The van der Waals surface area contributed by atoms with E-state index in [1.54, 1.807) is 21.0 Å². The zero-order chi connectivity index (χ0) is 76.1. The minimum absolute atomic E-state index is 0. The molecule has 4 aliphatic carbocycles. The summed E-state index contributed by atoms with van der Waals surface area (Å²) in [5.41, 5.74) is -9.18. The van der Waals surface area contributed by atoms with Crippen LogP contribution in [0.2, 0.25) is 48.4 Å². The Kier molecular flexibility index (Phi) is 33.3. The van der Waals surface area contributed by atoms with Crippen molar-refractivity contribution in [3.8, 4) is 0 Å². The van der Waals surface area contributed by atoms with E-state index in [2.05, 4.69) is 102 Å². The Morgan fingerprint density at radius 3 is 1.14 bits per heavy atom. The maximum absolute atomic E-state index is 13.2. The number of amides is 1. The normalized spacial score (nSPS) is 33.6. The van der Waals surface area contributed by atoms with E-state index < -0.39 is 120 Å². The van der Waals surface area contributed by atoms with E-state index >= 15 is 0 Å². The zero-order valence-corrected chi connectivity index (χ0v) is 77.9. The molecular formula is C65H125F3KNO23SSi8. The first-order valence-electron chi connectivity index (χ1n) is 37.1. The van der Waals surface area contributed by atoms with Gasteiger partial charge in [0, 0.05) is 60.9 Å². The van der Waals surface area contributed by atoms with Gasteiger partial charge < -0.3 is 82.6 Å². The van der Waals surface area contributed by atoms with Crippen molar-refractivity contribution in [2.45, 2.75) is 276 Å². The molecule has 37 heteroatoms. The third-order valence-electron chi connectivity index (χ3n) is 19.3. The van der Waals surface area contributed by atoms with Crippen molar-refractivity contribution >= 4 is 104 Å². The number of esters is 3. The fraction of sp³-hybridized carbons (Fsp3) is 0.938. The third kappa shape index (κ3) is 24.2. The van der Waals surface area contributed by atoms with Crippen molar-refractivity contribution in [1.29, 1.82) is 0 Å². The number of rotatable bonds is 33. The van der Waals surface area contributed by atoms with E-state index in [0.717, 1.165) is 12.8 Å². The van der Waals surface area contributed by atoms with Crippen molar-refractivity contribution in [3.63, 3.8) is 0 Å². The van der Waals surface area contributed by atoms with Gasteiger partial charge in [0.25, 0.3) is 0 Å². The van der Waals surface area contributed by atoms with Gasteiger partial charge in [-0.05, 0) is 145 Å². The molecule has 10 fully saturated rings. The second-order valence-corrected chi connectivity index (χ2v) is 59.5. The summed E-state index contributed by atoms with van der Waals surface area (Å²) < 4.78 is 184. The molecule has 0 N–H and O–H groups in total. The smallest absolute Gasteiger partial charge is 0.538 e. The molecule has 12 bridgehead atoms. The van der Waals surface area contributed by atoms with Crippen LogP contribution in [0.1, 0.15) is 217 Å². The average molecular weight is 1640 g/mol. The number of sulfonamides is 1. The third-order valence-corrected chi connectivity index (χ3v) is 60.3. The summed E-state index contributed by atoms with van der Waals surface area (Å²) in [5.74, 6) is -1.45. The van der Waals surface area contributed by atoms with Crippen molar-refractivity contribution in [2.75, 3.05) is 40.1 Å². The Morgan fingerprint density at radius 2 is 0.824 bits per heavy atom. The molecule has 10 aliphatic rings. The summed E-state index contributed by atoms with van der Waals surface area (Å²) in [6.45, 7) is 47.1. The topological polar surface area (TPSA) is 273 Å². The van der Waals surface area contributed by atoms with Crippen LogP contribution >= 0.6 is 0 Å². The van der Waals surface area contributed by atoms with Gasteiger partial charge in [-0.1, -0.05) is 125 Å². The Balaban J connectivity index is 0.000000357. The summed E-state index contributed by atoms with van der Waals surface area (Å²) in [5, 5.41) is 0. The molecule has 1 amide bonds. The molecule has 0 aromatic rings. The number of halogens is 3. The maximum Gasteiger partial charge on any atom is 1.00 e. The number of alkyl halides is 3. The van der Waals surface area contributed by atoms with E-state index in [1.807, 2.05) is 41.5 Å². The van der Waals surface area contributed by atoms with E-state index in [0.29, 0.717) is 101 Å². The van der Waals surface area contributed by atoms with Crippen molar-refractivity contribution in [3.05, 3.63) is 4.72 Å². The SMILES string of the molecule is CCC(C)(C)C(=O)OC12CC3CC(C1)CC(C(=O)[N-]S(=O)(=O)C(F)(F)F)(C3)C2.CCC(C)(C)C(=O)OCCC[Si]12O[Si]3(CC(C)C)O[Si]4(CC(C)C)O[Si](CC(C)C)(O1)O[Si]1(CC(C)C)O[Si](CC(C)C)(O2)O[Si](CC(C)C)(O3)O[Si](CC(C)C)(O4)O1.CCC(C)C(=O)OCCOCCOC.[K+]. The minimum atomic E-state index is -5.89. The van der Waals surface area contributed by atoms with Gasteiger partial charge in [-0.2, -0.15) is 13.2 Å². The van der Waals surface area contributed by atoms with Crippen molar-refractivity contribution in [2.24, 2.45) is 75.4 Å². The second kappa shape index (κ2) is 36.5. The van der Waals surface area contributed by atoms with Crippen LogP contribution in [0, 0.1) is 75.4 Å². The van der Waals surface area contributed by atoms with Crippen LogP contribution in [-0.2, 0) is 102 Å². The molecule has 3 atom stereocenters. The van der Waals surface area contributed by atoms with Gasteiger partial charge in [0.1, 0.15) is 12.2 Å². The fourth-order valence-electron chi connectivity index (χ4n) is 14.7. The predicted octanol–water partition coefficient (Wildman–Crippen LogP) is 12.0. The largest absolute Gasteiger partial charge is 1.00 e. The van der Waals surface area contributed by atoms with Gasteiger partial charge in [-0.25, -0.2) is 8.42 Å². The van der Waals surface area contributed by atoms with Gasteiger partial charge in [0.05, 0.1) is 49.1 Å². The molecular weight excluding hydrogens is 1520 g/mol. The summed E-state index contributed by atoms with van der Waals surface area (Å²) >= 11 is 0. The molecule has 6 heterocycles. The number of methoxy groups -OCH3 is 1. The molecule has 4 saturated carbocycles. The standard InChI is InChI=1S/C37H80O14Si8.C18H26F3NO5S.C10H20O4.K/c1-18-37(16,17)36(38)39-20-19-21-52-40-53(22-29(2)3)43-56(25-32(8)9)45-54(41-52,23-30(4)5)47-58(27-34(12)13)48-55(42-52,24-31(6)7)46-57(44-53,26-33(10)11)50-59(49-56,51-58)28-35(14)15;1-4-15(2,3)14(24)27-17-8-11-5-12(9-17)7-16(6-11,10-17)13(23)22-28(25,26)18(19,20)21;1-4-9(2)10(11)14-8-7-13-6-5-12-3;/h29-35H,18-28H2,1-17H3;11-12H,4-10H2,1-3H3,(H,22,23);9H,4-8H2,1-3H3;/q;;;+1/p-1. The molecule has 6 saturated heterocycles. The first-order valence-corrected chi connectivity index (χ1v) is 54.0. The summed E-state index contributed by atoms with van der Waals surface area (Å²) in [7, 11) is -36.2. The molecule has 0 aromatic heterocycles. The minimum Gasteiger partial charge on any atom is -0.538 e. The van der Waals surface area contributed by atoms with Gasteiger partial charge in [0.15, 0.2) is 10.0 Å². The molecule has 3 unspecified atom stereocenters. The van der Waals surface area contributed by atoms with Gasteiger partial charge in [-0.3, -0.25) is 14.4 Å². The first-order chi connectivity index (χ1) is 46.4. The number of nitrogens with zero attached hydrogens (tertiary/aromatic N) is 1. The summed E-state index contributed by atoms with van der Waals surface area (Å²) in [6, 6.07) is 3.39. The van der Waals surface area contributed by atoms with Crippen molar-refractivity contribution in [1.82, 2.24) is 0 Å². The van der Waals surface area contributed by atoms with Gasteiger partial charge >= 0.3 is 145 Å². The van der Waals surface area contributed by atoms with Gasteiger partial charge in [0.2, 0.25) is 0 Å². The van der Waals surface area contributed by atoms with E-state index in [4.69, 9.17) is 73.1 Å². The molecule has 24 nitrogen and oxygen atoms in total. The molecule has 102 heavy (non-hydrogen) atoms. The Bertz CT molecular complexity index is 2740. The van der Waals surface area contributed by atoms with E-state index in [-0.39, 0.29) is 154 Å². The van der Waals surface area contributed by atoms with Crippen LogP contribution in [0.4, 0.5) is 13.2 Å². The monoisotopic (exact) mass is 1640 g/mol. The van der Waals surface area contributed by atoms with Crippen LogP contribution in [0.25, 0.3) is 4.72 Å². The zero-order valence-electron chi connectivity index (χ0n) is 65.9. The number of hydrogen-bond acceptors (Lipinski definition) is 23. The Labute approximate surface area is 659 Å². The van der Waals surface area contributed by atoms with Gasteiger partial charge in [-0.15, -0.1) is 0 Å². The van der Waals surface area contributed by atoms with Crippen LogP contribution in [-0.4, -0.2) is 154 Å².